The predicted octanol–water partition coefficient (Wildman–Crippen LogP) is 18.9. The summed E-state index contributed by atoms with van der Waals surface area (Å²) in [7, 11) is 0. The second kappa shape index (κ2) is 55.9. The van der Waals surface area contributed by atoms with Crippen LogP contribution in [0.4, 0.5) is 0 Å². The van der Waals surface area contributed by atoms with Crippen LogP contribution < -0.4 is 0 Å². The summed E-state index contributed by atoms with van der Waals surface area (Å²) in [5.74, 6) is -0.936. The highest BCUT2D eigenvalue weighted by atomic mass is 16.6. The van der Waals surface area contributed by atoms with Crippen LogP contribution in [0.25, 0.3) is 0 Å². The van der Waals surface area contributed by atoms with E-state index in [0.717, 1.165) is 135 Å². The molecule has 0 aromatic heterocycles. The maximum atomic E-state index is 12.8. The van der Waals surface area contributed by atoms with Crippen LogP contribution in [-0.2, 0) is 28.6 Å². The molecule has 0 rings (SSSR count). The van der Waals surface area contributed by atoms with Gasteiger partial charge in [-0.2, -0.15) is 0 Å². The largest absolute Gasteiger partial charge is 0.462 e. The molecule has 0 bridgehead atoms. The number of rotatable bonds is 50. The quantitative estimate of drug-likeness (QED) is 0.0262. The second-order valence-electron chi connectivity index (χ2n) is 18.5. The summed E-state index contributed by atoms with van der Waals surface area (Å²) in [5.41, 5.74) is 0. The van der Waals surface area contributed by atoms with Crippen molar-refractivity contribution >= 4 is 17.9 Å². The molecule has 388 valence electrons. The Kier molecular flexibility index (Phi) is 52.9. The minimum Gasteiger partial charge on any atom is -0.462 e. The Balaban J connectivity index is 4.40. The van der Waals surface area contributed by atoms with Crippen molar-refractivity contribution in [2.75, 3.05) is 13.2 Å². The topological polar surface area (TPSA) is 78.9 Å². The van der Waals surface area contributed by atoms with Crippen molar-refractivity contribution in [3.05, 3.63) is 97.2 Å². The fourth-order valence-electron chi connectivity index (χ4n) is 7.54. The minimum atomic E-state index is -0.796. The summed E-state index contributed by atoms with van der Waals surface area (Å²) in [6.45, 7) is 6.45. The zero-order chi connectivity index (χ0) is 49.3. The number of carbonyl (C=O) groups excluding carboxylic acids is 3. The zero-order valence-electron chi connectivity index (χ0n) is 44.3. The molecular weight excluding hydrogens is 841 g/mol. The first-order valence-electron chi connectivity index (χ1n) is 28.2. The van der Waals surface area contributed by atoms with E-state index in [1.54, 1.807) is 0 Å². The number of hydrogen-bond acceptors (Lipinski definition) is 6. The van der Waals surface area contributed by atoms with E-state index < -0.39 is 6.10 Å². The van der Waals surface area contributed by atoms with E-state index in [1.807, 2.05) is 0 Å². The maximum Gasteiger partial charge on any atom is 0.306 e. The van der Waals surface area contributed by atoms with Crippen molar-refractivity contribution in [2.45, 2.75) is 264 Å². The highest BCUT2D eigenvalue weighted by molar-refractivity contribution is 5.71. The highest BCUT2D eigenvalue weighted by Gasteiger charge is 2.19. The third-order valence-corrected chi connectivity index (χ3v) is 11.8. The van der Waals surface area contributed by atoms with Crippen molar-refractivity contribution in [3.8, 4) is 0 Å². The number of carbonyl (C=O) groups is 3. The summed E-state index contributed by atoms with van der Waals surface area (Å²) in [6, 6.07) is 0. The van der Waals surface area contributed by atoms with Crippen LogP contribution >= 0.6 is 0 Å². The fourth-order valence-corrected chi connectivity index (χ4v) is 7.54. The van der Waals surface area contributed by atoms with E-state index in [1.165, 1.54) is 83.5 Å². The second-order valence-corrected chi connectivity index (χ2v) is 18.5. The maximum absolute atomic E-state index is 12.8. The molecule has 0 aliphatic heterocycles. The van der Waals surface area contributed by atoms with E-state index in [2.05, 4.69) is 118 Å². The molecule has 0 aliphatic rings. The molecule has 1 atom stereocenters. The molecule has 6 heteroatoms. The smallest absolute Gasteiger partial charge is 0.306 e. The summed E-state index contributed by atoms with van der Waals surface area (Å²) in [4.78, 5) is 38.1. The average molecular weight is 946 g/mol. The van der Waals surface area contributed by atoms with Crippen LogP contribution in [-0.4, -0.2) is 37.2 Å². The highest BCUT2D eigenvalue weighted by Crippen LogP contribution is 2.14. The van der Waals surface area contributed by atoms with Crippen LogP contribution in [0.3, 0.4) is 0 Å². The first-order valence-corrected chi connectivity index (χ1v) is 28.2. The molecule has 0 aromatic carbocycles. The van der Waals surface area contributed by atoms with E-state index in [0.29, 0.717) is 19.3 Å². The molecule has 0 saturated carbocycles. The predicted molar refractivity (Wildman–Crippen MR) is 293 cm³/mol. The third-order valence-electron chi connectivity index (χ3n) is 11.8. The fraction of sp³-hybridized carbons (Fsp3) is 0.694. The van der Waals surface area contributed by atoms with E-state index in [-0.39, 0.29) is 31.1 Å². The standard InChI is InChI=1S/C62H104O6/c1-4-7-10-13-16-19-22-24-26-28-29-30-31-32-33-34-36-37-40-43-46-49-52-55-61(64)67-58-59(57-66-60(63)54-51-48-45-42-39-21-18-15-12-9-6-3)68-62(65)56-53-50-47-44-41-38-35-27-25-23-20-17-14-11-8-5-2/h7,10,15-16,18-19,24,26-27,29-30,32-33,35-37,59H,4-6,8-9,11-14,17,20-23,25,28,31,34,38-58H2,1-3H3/b10-7-,18-15-,19-16-,26-24-,30-29-,33-32-,35-27-,37-36-. The Labute approximate surface area is 419 Å². The van der Waals surface area contributed by atoms with Crippen molar-refractivity contribution in [1.82, 2.24) is 0 Å². The molecule has 0 radical (unpaired) electrons. The van der Waals surface area contributed by atoms with Crippen molar-refractivity contribution in [2.24, 2.45) is 0 Å². The number of ether oxygens (including phenoxy) is 3. The van der Waals surface area contributed by atoms with Gasteiger partial charge in [-0.15, -0.1) is 0 Å². The van der Waals surface area contributed by atoms with Gasteiger partial charge in [0.2, 0.25) is 0 Å². The van der Waals surface area contributed by atoms with Crippen LogP contribution in [0, 0.1) is 0 Å². The van der Waals surface area contributed by atoms with Gasteiger partial charge in [0.1, 0.15) is 13.2 Å². The number of hydrogen-bond donors (Lipinski definition) is 0. The first kappa shape index (κ1) is 64.3. The lowest BCUT2D eigenvalue weighted by Crippen LogP contribution is -2.30. The van der Waals surface area contributed by atoms with Crippen LogP contribution in [0.15, 0.2) is 97.2 Å². The van der Waals surface area contributed by atoms with Gasteiger partial charge in [0.05, 0.1) is 0 Å². The summed E-state index contributed by atoms with van der Waals surface area (Å²) in [6.07, 6.45) is 74.0. The van der Waals surface area contributed by atoms with Gasteiger partial charge < -0.3 is 14.2 Å². The van der Waals surface area contributed by atoms with E-state index >= 15 is 0 Å². The Hall–Kier alpha value is -3.67. The average Bonchev–Trinajstić information content (AvgIpc) is 3.34. The van der Waals surface area contributed by atoms with Crippen LogP contribution in [0.2, 0.25) is 0 Å². The molecule has 0 saturated heterocycles. The van der Waals surface area contributed by atoms with E-state index in [4.69, 9.17) is 14.2 Å². The van der Waals surface area contributed by atoms with Crippen LogP contribution in [0.5, 0.6) is 0 Å². The molecule has 6 nitrogen and oxygen atoms in total. The van der Waals surface area contributed by atoms with Crippen LogP contribution in [0.1, 0.15) is 258 Å². The van der Waals surface area contributed by atoms with Crippen molar-refractivity contribution < 1.29 is 28.6 Å². The monoisotopic (exact) mass is 945 g/mol. The van der Waals surface area contributed by atoms with Gasteiger partial charge in [-0.05, 0) is 116 Å². The lowest BCUT2D eigenvalue weighted by Gasteiger charge is -2.18. The molecule has 0 N–H and O–H groups in total. The number of allylic oxidation sites excluding steroid dienone is 16. The third kappa shape index (κ3) is 53.3. The minimum absolute atomic E-state index is 0.0940. The molecule has 0 spiro atoms. The Morgan fingerprint density at radius 1 is 0.309 bits per heavy atom. The normalized spacial score (nSPS) is 12.8. The number of unbranched alkanes of at least 4 members (excludes halogenated alkanes) is 23. The lowest BCUT2D eigenvalue weighted by molar-refractivity contribution is -0.167. The van der Waals surface area contributed by atoms with Crippen molar-refractivity contribution in [1.29, 1.82) is 0 Å². The molecule has 68 heavy (non-hydrogen) atoms. The van der Waals surface area contributed by atoms with Gasteiger partial charge in [0.15, 0.2) is 6.10 Å². The van der Waals surface area contributed by atoms with Crippen molar-refractivity contribution in [3.63, 3.8) is 0 Å². The van der Waals surface area contributed by atoms with Gasteiger partial charge in [-0.3, -0.25) is 14.4 Å². The molecule has 0 fully saturated rings. The zero-order valence-corrected chi connectivity index (χ0v) is 44.3. The van der Waals surface area contributed by atoms with Gasteiger partial charge in [0.25, 0.3) is 0 Å². The summed E-state index contributed by atoms with van der Waals surface area (Å²) < 4.78 is 16.8. The Bertz CT molecular complexity index is 1360. The van der Waals surface area contributed by atoms with Gasteiger partial charge in [0, 0.05) is 19.3 Å². The first-order chi connectivity index (χ1) is 33.5. The summed E-state index contributed by atoms with van der Waals surface area (Å²) >= 11 is 0. The number of esters is 3. The molecule has 0 aliphatic carbocycles. The lowest BCUT2D eigenvalue weighted by atomic mass is 10.1. The van der Waals surface area contributed by atoms with E-state index in [9.17, 15) is 14.4 Å². The molecule has 0 aromatic rings. The van der Waals surface area contributed by atoms with Gasteiger partial charge in [-0.25, -0.2) is 0 Å². The van der Waals surface area contributed by atoms with Gasteiger partial charge in [-0.1, -0.05) is 221 Å². The van der Waals surface area contributed by atoms with Gasteiger partial charge >= 0.3 is 17.9 Å². The summed E-state index contributed by atoms with van der Waals surface area (Å²) in [5, 5.41) is 0. The Morgan fingerprint density at radius 3 is 0.956 bits per heavy atom. The molecule has 1 unspecified atom stereocenters. The Morgan fingerprint density at radius 2 is 0.588 bits per heavy atom. The molecule has 0 amide bonds. The SMILES string of the molecule is CC/C=C\C/C=C\C/C=C\C/C=C\C/C=C\C/C=C\CCCCCCC(=O)OCC(COC(=O)CCCCCCC/C=C\CCCC)OC(=O)CCCCCCC/C=C\CCCCCCCCC. The molecule has 0 heterocycles. The molecular formula is C62H104O6.